The van der Waals surface area contributed by atoms with Gasteiger partial charge in [0.25, 0.3) is 0 Å². The van der Waals surface area contributed by atoms with E-state index in [9.17, 15) is 5.21 Å². The Labute approximate surface area is 162 Å². The summed E-state index contributed by atoms with van der Waals surface area (Å²) in [4.78, 5) is 6.75. The smallest absolute Gasteiger partial charge is 0.165 e. The largest absolute Gasteiger partial charge is 0.427 e. The molecule has 2 N–H and O–H groups in total. The summed E-state index contributed by atoms with van der Waals surface area (Å²) in [6.45, 7) is 3.72. The molecule has 1 saturated carbocycles. The summed E-state index contributed by atoms with van der Waals surface area (Å²) in [5, 5.41) is 13.8. The molecule has 1 aliphatic rings. The Bertz CT molecular complexity index is 790. The van der Waals surface area contributed by atoms with Gasteiger partial charge in [-0.3, -0.25) is 4.99 Å². The Kier molecular flexibility index (Phi) is 6.56. The van der Waals surface area contributed by atoms with Crippen molar-refractivity contribution in [3.63, 3.8) is 0 Å². The van der Waals surface area contributed by atoms with E-state index in [0.717, 1.165) is 29.1 Å². The second-order valence-electron chi connectivity index (χ2n) is 7.86. The van der Waals surface area contributed by atoms with Crippen LogP contribution in [-0.4, -0.2) is 36.6 Å². The molecule has 0 saturated heterocycles. The number of anilines is 1. The number of aromatic nitrogens is 1. The highest BCUT2D eigenvalue weighted by Crippen LogP contribution is 2.24. The fourth-order valence-electron chi connectivity index (χ4n) is 3.85. The highest BCUT2D eigenvalue weighted by molar-refractivity contribution is 5.49. The zero-order chi connectivity index (χ0) is 19.2. The highest BCUT2D eigenvalue weighted by Gasteiger charge is 2.20. The van der Waals surface area contributed by atoms with Crippen LogP contribution in [0.1, 0.15) is 36.8 Å². The average Bonchev–Trinajstić information content (AvgIpc) is 2.67. The standard InChI is InChI=1S/C22H32N4O/c1-17-16-26(27)22(13-21(17)25(2)3)24-15-19-9-11-20(12-10-19)23-14-18-7-5-4-6-8-18/h4-8,13,16,19-20,23,27H,9-12,14-15H2,1-3H3. The summed E-state index contributed by atoms with van der Waals surface area (Å²) in [5.41, 5.74) is 4.10. The number of nitrogens with one attached hydrogen (secondary N) is 1. The van der Waals surface area contributed by atoms with E-state index in [-0.39, 0.29) is 0 Å². The van der Waals surface area contributed by atoms with Gasteiger partial charge in [-0.05, 0) is 49.7 Å². The molecular weight excluding hydrogens is 336 g/mol. The van der Waals surface area contributed by atoms with Gasteiger partial charge < -0.3 is 15.4 Å². The molecule has 5 heteroatoms. The van der Waals surface area contributed by atoms with E-state index in [4.69, 9.17) is 4.99 Å². The van der Waals surface area contributed by atoms with Crippen molar-refractivity contribution in [1.82, 2.24) is 10.0 Å². The van der Waals surface area contributed by atoms with Crippen LogP contribution >= 0.6 is 0 Å². The molecule has 0 bridgehead atoms. The first-order valence-electron chi connectivity index (χ1n) is 9.90. The van der Waals surface area contributed by atoms with Gasteiger partial charge in [-0.1, -0.05) is 30.3 Å². The van der Waals surface area contributed by atoms with Crippen molar-refractivity contribution in [1.29, 1.82) is 0 Å². The Morgan fingerprint density at radius 1 is 1.15 bits per heavy atom. The number of benzene rings is 1. The van der Waals surface area contributed by atoms with Gasteiger partial charge in [0.05, 0.1) is 6.20 Å². The Morgan fingerprint density at radius 2 is 1.85 bits per heavy atom. The molecule has 27 heavy (non-hydrogen) atoms. The average molecular weight is 369 g/mol. The summed E-state index contributed by atoms with van der Waals surface area (Å²) in [7, 11) is 4.02. The maximum atomic E-state index is 10.1. The predicted molar refractivity (Wildman–Crippen MR) is 110 cm³/mol. The van der Waals surface area contributed by atoms with Crippen molar-refractivity contribution in [3.8, 4) is 0 Å². The molecule has 0 aliphatic heterocycles. The molecule has 2 aromatic rings. The second kappa shape index (κ2) is 9.09. The second-order valence-corrected chi connectivity index (χ2v) is 7.86. The number of hydrogen-bond donors (Lipinski definition) is 2. The first-order chi connectivity index (χ1) is 13.0. The third kappa shape index (κ3) is 5.36. The summed E-state index contributed by atoms with van der Waals surface area (Å²) < 4.78 is 1.15. The molecule has 1 aromatic carbocycles. The lowest BCUT2D eigenvalue weighted by Crippen LogP contribution is -2.33. The summed E-state index contributed by atoms with van der Waals surface area (Å²) in [5.74, 6) is 0.601. The van der Waals surface area contributed by atoms with Crippen molar-refractivity contribution in [3.05, 3.63) is 59.2 Å². The van der Waals surface area contributed by atoms with E-state index in [1.54, 1.807) is 6.20 Å². The minimum atomic E-state index is 0.601. The molecule has 146 valence electrons. The number of rotatable bonds is 6. The van der Waals surface area contributed by atoms with Crippen molar-refractivity contribution in [2.75, 3.05) is 25.5 Å². The van der Waals surface area contributed by atoms with E-state index in [2.05, 4.69) is 40.5 Å². The Balaban J connectivity index is 1.52. The van der Waals surface area contributed by atoms with Crippen LogP contribution in [0.4, 0.5) is 5.69 Å². The van der Waals surface area contributed by atoms with Gasteiger partial charge in [0.15, 0.2) is 5.49 Å². The van der Waals surface area contributed by atoms with Crippen LogP contribution in [0, 0.1) is 12.8 Å². The molecule has 0 radical (unpaired) electrons. The van der Waals surface area contributed by atoms with Gasteiger partial charge in [-0.2, -0.15) is 4.73 Å². The monoisotopic (exact) mass is 368 g/mol. The van der Waals surface area contributed by atoms with Crippen LogP contribution in [0.3, 0.4) is 0 Å². The number of nitrogens with zero attached hydrogens (tertiary/aromatic N) is 3. The van der Waals surface area contributed by atoms with Crippen LogP contribution in [0.15, 0.2) is 47.6 Å². The molecule has 1 aromatic heterocycles. The Morgan fingerprint density at radius 3 is 2.52 bits per heavy atom. The third-order valence-electron chi connectivity index (χ3n) is 5.50. The number of hydrogen-bond acceptors (Lipinski definition) is 4. The lowest BCUT2D eigenvalue weighted by Gasteiger charge is -2.28. The molecule has 0 unspecified atom stereocenters. The van der Waals surface area contributed by atoms with Crippen LogP contribution in [-0.2, 0) is 6.54 Å². The fourth-order valence-corrected chi connectivity index (χ4v) is 3.85. The van der Waals surface area contributed by atoms with Crippen molar-refractivity contribution in [2.24, 2.45) is 10.9 Å². The van der Waals surface area contributed by atoms with E-state index in [1.807, 2.05) is 27.1 Å². The fraction of sp³-hybridized carbons (Fsp3) is 0.500. The Hall–Kier alpha value is -2.27. The number of aryl methyl sites for hydroxylation is 1. The van der Waals surface area contributed by atoms with Crippen molar-refractivity contribution in [2.45, 2.75) is 45.2 Å². The number of pyridine rings is 1. The van der Waals surface area contributed by atoms with Gasteiger partial charge in [-0.15, -0.1) is 0 Å². The molecule has 0 spiro atoms. The molecule has 3 rings (SSSR count). The third-order valence-corrected chi connectivity index (χ3v) is 5.50. The van der Waals surface area contributed by atoms with Crippen molar-refractivity contribution < 1.29 is 5.21 Å². The van der Waals surface area contributed by atoms with Crippen LogP contribution in [0.25, 0.3) is 0 Å². The van der Waals surface area contributed by atoms with Crippen LogP contribution < -0.4 is 15.7 Å². The van der Waals surface area contributed by atoms with Crippen LogP contribution in [0.2, 0.25) is 0 Å². The first-order valence-corrected chi connectivity index (χ1v) is 9.90. The summed E-state index contributed by atoms with van der Waals surface area (Å²) >= 11 is 0. The minimum absolute atomic E-state index is 0.601. The SMILES string of the molecule is Cc1cn(O)c(=NCC2CCC(NCc3ccccc3)CC2)cc1N(C)C. The van der Waals surface area contributed by atoms with Crippen LogP contribution in [0.5, 0.6) is 0 Å². The van der Waals surface area contributed by atoms with E-state index >= 15 is 0 Å². The minimum Gasteiger partial charge on any atom is -0.427 e. The molecule has 1 fully saturated rings. The van der Waals surface area contributed by atoms with E-state index in [0.29, 0.717) is 17.4 Å². The molecule has 5 nitrogen and oxygen atoms in total. The van der Waals surface area contributed by atoms with Gasteiger partial charge in [-0.25, -0.2) is 0 Å². The summed E-state index contributed by atoms with van der Waals surface area (Å²) in [6, 6.07) is 13.2. The first kappa shape index (κ1) is 19.5. The van der Waals surface area contributed by atoms with E-state index in [1.165, 1.54) is 31.2 Å². The topological polar surface area (TPSA) is 52.8 Å². The molecule has 1 aliphatic carbocycles. The summed E-state index contributed by atoms with van der Waals surface area (Å²) in [6.07, 6.45) is 6.51. The normalized spacial score (nSPS) is 20.6. The molecular formula is C22H32N4O. The van der Waals surface area contributed by atoms with Gasteiger partial charge in [0.1, 0.15) is 0 Å². The van der Waals surface area contributed by atoms with Gasteiger partial charge in [0.2, 0.25) is 0 Å². The van der Waals surface area contributed by atoms with Gasteiger partial charge >= 0.3 is 0 Å². The zero-order valence-electron chi connectivity index (χ0n) is 16.7. The molecule has 0 amide bonds. The predicted octanol–water partition coefficient (Wildman–Crippen LogP) is 3.35. The van der Waals surface area contributed by atoms with Crippen molar-refractivity contribution >= 4 is 5.69 Å². The van der Waals surface area contributed by atoms with E-state index < -0.39 is 0 Å². The van der Waals surface area contributed by atoms with Gasteiger partial charge in [0, 0.05) is 45.0 Å². The maximum absolute atomic E-state index is 10.1. The highest BCUT2D eigenvalue weighted by atomic mass is 16.5. The molecule has 0 atom stereocenters. The quantitative estimate of drug-likeness (QED) is 0.769. The molecule has 1 heterocycles. The lowest BCUT2D eigenvalue weighted by atomic mass is 9.86. The lowest BCUT2D eigenvalue weighted by molar-refractivity contribution is 0.170. The maximum Gasteiger partial charge on any atom is 0.165 e. The zero-order valence-corrected chi connectivity index (χ0v) is 16.7.